The molecule has 3 rings (SSSR count). The Labute approximate surface area is 174 Å². The van der Waals surface area contributed by atoms with E-state index < -0.39 is 0 Å². The maximum Gasteiger partial charge on any atom is 2.00 e. The van der Waals surface area contributed by atoms with Gasteiger partial charge in [-0.3, -0.25) is 0 Å². The Morgan fingerprint density at radius 2 is 1.43 bits per heavy atom. The van der Waals surface area contributed by atoms with Crippen LogP contribution in [-0.2, 0) is 17.1 Å². The molecular formula is C19H17BrFeIN+2. The van der Waals surface area contributed by atoms with Crippen LogP contribution in [0.5, 0.6) is 0 Å². The van der Waals surface area contributed by atoms with E-state index in [0.717, 1.165) is 16.7 Å². The number of hydrogen-bond acceptors (Lipinski definition) is 1. The maximum absolute atomic E-state index is 3.42. The third-order valence-electron chi connectivity index (χ3n) is 2.87. The molecule has 0 aliphatic heterocycles. The summed E-state index contributed by atoms with van der Waals surface area (Å²) < 4.78 is 2.39. The molecule has 1 aromatic rings. The SMILES string of the molecule is Brc1ccc(NC/C(I)=C/[C]2[CH][CH][CH][CH]2)cc1.[CH]1[CH][CH][CH][CH]1.[Fe+2]. The minimum Gasteiger partial charge on any atom is -0.381 e. The van der Waals surface area contributed by atoms with E-state index >= 15 is 0 Å². The van der Waals surface area contributed by atoms with Crippen molar-refractivity contribution in [2.24, 2.45) is 0 Å². The van der Waals surface area contributed by atoms with Crippen LogP contribution in [0.4, 0.5) is 5.69 Å². The normalized spacial score (nSPS) is 18.1. The Morgan fingerprint density at radius 1 is 0.913 bits per heavy atom. The zero-order chi connectivity index (χ0) is 15.6. The summed E-state index contributed by atoms with van der Waals surface area (Å²) in [5, 5.41) is 3.39. The molecule has 0 amide bonds. The van der Waals surface area contributed by atoms with Crippen molar-refractivity contribution >= 4 is 44.2 Å². The summed E-state index contributed by atoms with van der Waals surface area (Å²) in [7, 11) is 0. The van der Waals surface area contributed by atoms with Crippen LogP contribution in [0.2, 0.25) is 0 Å². The van der Waals surface area contributed by atoms with Crippen molar-refractivity contribution in [1.29, 1.82) is 0 Å². The number of halogens is 2. The summed E-state index contributed by atoms with van der Waals surface area (Å²) in [6, 6.07) is 8.21. The smallest absolute Gasteiger partial charge is 0.381 e. The summed E-state index contributed by atoms with van der Waals surface area (Å²) >= 11 is 5.79. The Morgan fingerprint density at radius 3 is 1.96 bits per heavy atom. The van der Waals surface area contributed by atoms with E-state index in [0.29, 0.717) is 0 Å². The molecule has 1 nitrogen and oxygen atoms in total. The van der Waals surface area contributed by atoms with Crippen molar-refractivity contribution in [1.82, 2.24) is 0 Å². The van der Waals surface area contributed by atoms with Crippen molar-refractivity contribution in [3.63, 3.8) is 0 Å². The second kappa shape index (κ2) is 12.8. The number of rotatable bonds is 4. The van der Waals surface area contributed by atoms with Gasteiger partial charge < -0.3 is 5.32 Å². The first kappa shape index (κ1) is 21.5. The maximum atomic E-state index is 3.42. The van der Waals surface area contributed by atoms with E-state index in [1.807, 2.05) is 44.2 Å². The molecule has 1 N–H and O–H groups in total. The predicted molar refractivity (Wildman–Crippen MR) is 107 cm³/mol. The van der Waals surface area contributed by atoms with E-state index in [1.165, 1.54) is 9.50 Å². The van der Waals surface area contributed by atoms with Crippen LogP contribution in [0.1, 0.15) is 0 Å². The average Bonchev–Trinajstić information content (AvgIpc) is 3.23. The van der Waals surface area contributed by atoms with Gasteiger partial charge in [-0.05, 0) is 105 Å². The van der Waals surface area contributed by atoms with E-state index in [-0.39, 0.29) is 17.1 Å². The zero-order valence-electron chi connectivity index (χ0n) is 12.4. The molecule has 2 fully saturated rings. The topological polar surface area (TPSA) is 12.0 Å². The minimum absolute atomic E-state index is 0. The van der Waals surface area contributed by atoms with E-state index in [2.05, 4.69) is 87.7 Å². The van der Waals surface area contributed by atoms with Crippen molar-refractivity contribution < 1.29 is 17.1 Å². The Hall–Kier alpha value is 0.489. The molecule has 2 aliphatic rings. The third-order valence-corrected chi connectivity index (χ3v) is 4.09. The Balaban J connectivity index is 0.000000377. The van der Waals surface area contributed by atoms with Crippen LogP contribution in [-0.4, -0.2) is 6.54 Å². The van der Waals surface area contributed by atoms with Crippen LogP contribution in [0.25, 0.3) is 0 Å². The standard InChI is InChI=1S/C14H12BrIN.C5H5.Fe/c15-12-5-7-14(8-6-12)17-10-13(16)9-11-3-1-2-4-11;1-2-4-5-3-1;/h1-9,17H,10H2;1-5H;/q;;+2/b13-9-;;. The molecule has 0 bridgehead atoms. The number of nitrogens with one attached hydrogen (secondary N) is 1. The number of anilines is 1. The summed E-state index contributed by atoms with van der Waals surface area (Å²) in [5.41, 5.74) is 1.14. The average molecular weight is 522 g/mol. The third kappa shape index (κ3) is 9.52. The van der Waals surface area contributed by atoms with E-state index in [4.69, 9.17) is 0 Å². The van der Waals surface area contributed by atoms with Gasteiger partial charge in [0.25, 0.3) is 0 Å². The molecular weight excluding hydrogens is 505 g/mol. The minimum atomic E-state index is 0. The van der Waals surface area contributed by atoms with Crippen molar-refractivity contribution in [3.8, 4) is 0 Å². The second-order valence-corrected chi connectivity index (χ2v) is 6.93. The van der Waals surface area contributed by atoms with Gasteiger partial charge in [0.1, 0.15) is 0 Å². The van der Waals surface area contributed by atoms with Gasteiger partial charge in [0.2, 0.25) is 0 Å². The predicted octanol–water partition coefficient (Wildman–Crippen LogP) is 5.60. The summed E-state index contributed by atoms with van der Waals surface area (Å²) in [4.78, 5) is 0. The molecule has 0 heterocycles. The first-order valence-corrected chi connectivity index (χ1v) is 8.85. The molecule has 2 aliphatic carbocycles. The molecule has 118 valence electrons. The molecule has 23 heavy (non-hydrogen) atoms. The van der Waals surface area contributed by atoms with Gasteiger partial charge in [0.05, 0.1) is 0 Å². The van der Waals surface area contributed by atoms with Crippen LogP contribution in [0.3, 0.4) is 0 Å². The summed E-state index contributed by atoms with van der Waals surface area (Å²) in [6.07, 6.45) is 20.5. The molecule has 2 saturated carbocycles. The number of benzene rings is 1. The fourth-order valence-electron chi connectivity index (χ4n) is 1.79. The van der Waals surface area contributed by atoms with Gasteiger partial charge in [0, 0.05) is 26.2 Å². The molecule has 4 heteroatoms. The van der Waals surface area contributed by atoms with Gasteiger partial charge in [-0.25, -0.2) is 0 Å². The van der Waals surface area contributed by atoms with Crippen LogP contribution in [0.15, 0.2) is 38.4 Å². The van der Waals surface area contributed by atoms with Crippen LogP contribution in [0, 0.1) is 63.7 Å². The van der Waals surface area contributed by atoms with Gasteiger partial charge in [-0.2, -0.15) is 0 Å². The van der Waals surface area contributed by atoms with Crippen LogP contribution >= 0.6 is 38.5 Å². The van der Waals surface area contributed by atoms with E-state index in [9.17, 15) is 0 Å². The summed E-state index contributed by atoms with van der Waals surface area (Å²) in [6.45, 7) is 0.855. The van der Waals surface area contributed by atoms with Gasteiger partial charge in [-0.15, -0.1) is 0 Å². The van der Waals surface area contributed by atoms with Crippen molar-refractivity contribution in [2.75, 3.05) is 11.9 Å². The number of allylic oxidation sites excluding steroid dienone is 1. The quantitative estimate of drug-likeness (QED) is 0.401. The molecule has 0 unspecified atom stereocenters. The molecule has 0 saturated heterocycles. The first-order valence-electron chi connectivity index (χ1n) is 6.98. The zero-order valence-corrected chi connectivity index (χ0v) is 17.2. The molecule has 0 atom stereocenters. The fraction of sp³-hybridized carbons (Fsp3) is 0.0526. The van der Waals surface area contributed by atoms with Gasteiger partial charge in [-0.1, -0.05) is 22.0 Å². The van der Waals surface area contributed by atoms with E-state index in [1.54, 1.807) is 0 Å². The molecule has 0 spiro atoms. The largest absolute Gasteiger partial charge is 2.00 e. The Bertz CT molecular complexity index is 443. The van der Waals surface area contributed by atoms with Crippen LogP contribution < -0.4 is 5.32 Å². The molecule has 10 radical (unpaired) electrons. The Kier molecular flexibility index (Phi) is 12.0. The second-order valence-electron chi connectivity index (χ2n) is 4.63. The van der Waals surface area contributed by atoms with Gasteiger partial charge in [0.15, 0.2) is 0 Å². The summed E-state index contributed by atoms with van der Waals surface area (Å²) in [5.74, 6) is 1.26. The first-order chi connectivity index (χ1) is 10.7. The van der Waals surface area contributed by atoms with Crippen molar-refractivity contribution in [2.45, 2.75) is 0 Å². The number of hydrogen-bond donors (Lipinski definition) is 1. The van der Waals surface area contributed by atoms with Crippen molar-refractivity contribution in [3.05, 3.63) is 102 Å². The van der Waals surface area contributed by atoms with Gasteiger partial charge >= 0.3 is 17.1 Å². The monoisotopic (exact) mass is 521 g/mol. The fourth-order valence-corrected chi connectivity index (χ4v) is 2.61. The molecule has 0 aromatic heterocycles. The molecule has 1 aromatic carbocycles.